The van der Waals surface area contributed by atoms with Crippen LogP contribution in [0, 0.1) is 17.3 Å². The van der Waals surface area contributed by atoms with Crippen molar-refractivity contribution in [2.24, 2.45) is 17.3 Å². The van der Waals surface area contributed by atoms with Crippen LogP contribution in [0.5, 0.6) is 0 Å². The molecule has 1 saturated carbocycles. The van der Waals surface area contributed by atoms with Crippen molar-refractivity contribution in [1.82, 2.24) is 10.2 Å². The number of nitrogens with zero attached hydrogens (tertiary/aromatic N) is 1. The first kappa shape index (κ1) is 14.4. The predicted molar refractivity (Wildman–Crippen MR) is 81.5 cm³/mol. The highest BCUT2D eigenvalue weighted by atomic mass is 16.2. The fraction of sp³-hybridized carbons (Fsp3) is 0.941. The average Bonchev–Trinajstić information content (AvgIpc) is 2.45. The zero-order chi connectivity index (χ0) is 14.2. The molecule has 0 aromatic heterocycles. The number of amides is 1. The van der Waals surface area contributed by atoms with Gasteiger partial charge in [0.15, 0.2) is 0 Å². The number of carbonyl (C=O) groups is 1. The third-order valence-corrected chi connectivity index (χ3v) is 5.98. The van der Waals surface area contributed by atoms with Crippen LogP contribution < -0.4 is 5.32 Å². The molecule has 3 atom stereocenters. The monoisotopic (exact) mass is 278 g/mol. The van der Waals surface area contributed by atoms with E-state index in [4.69, 9.17) is 0 Å². The second-order valence-electron chi connectivity index (χ2n) is 7.86. The lowest BCUT2D eigenvalue weighted by Crippen LogP contribution is -2.58. The van der Waals surface area contributed by atoms with E-state index in [0.29, 0.717) is 5.91 Å². The van der Waals surface area contributed by atoms with Gasteiger partial charge in [0.25, 0.3) is 0 Å². The zero-order valence-corrected chi connectivity index (χ0v) is 13.2. The summed E-state index contributed by atoms with van der Waals surface area (Å²) in [6.07, 6.45) is 9.12. The molecule has 2 saturated heterocycles. The summed E-state index contributed by atoms with van der Waals surface area (Å²) in [6.45, 7) is 7.51. The van der Waals surface area contributed by atoms with Crippen molar-refractivity contribution < 1.29 is 4.79 Å². The van der Waals surface area contributed by atoms with Gasteiger partial charge < -0.3 is 10.2 Å². The average molecular weight is 278 g/mol. The molecule has 20 heavy (non-hydrogen) atoms. The SMILES string of the molecule is CC1(C)CCCNC1C(=O)N1CCC2CCCCC2C1. The highest BCUT2D eigenvalue weighted by Crippen LogP contribution is 2.37. The quantitative estimate of drug-likeness (QED) is 0.800. The molecule has 1 N–H and O–H groups in total. The Morgan fingerprint density at radius 2 is 1.85 bits per heavy atom. The molecule has 0 bridgehead atoms. The van der Waals surface area contributed by atoms with Crippen LogP contribution >= 0.6 is 0 Å². The van der Waals surface area contributed by atoms with Gasteiger partial charge in [-0.3, -0.25) is 4.79 Å². The van der Waals surface area contributed by atoms with Crippen molar-refractivity contribution in [3.8, 4) is 0 Å². The molecule has 0 spiro atoms. The Morgan fingerprint density at radius 1 is 1.10 bits per heavy atom. The maximum Gasteiger partial charge on any atom is 0.240 e. The van der Waals surface area contributed by atoms with Crippen molar-refractivity contribution in [3.63, 3.8) is 0 Å². The van der Waals surface area contributed by atoms with Gasteiger partial charge in [0.2, 0.25) is 5.91 Å². The number of piperidine rings is 2. The van der Waals surface area contributed by atoms with Crippen LogP contribution in [-0.2, 0) is 4.79 Å². The normalized spacial score (nSPS) is 37.3. The Kier molecular flexibility index (Phi) is 4.07. The van der Waals surface area contributed by atoms with Crippen LogP contribution in [-0.4, -0.2) is 36.5 Å². The molecule has 3 unspecified atom stereocenters. The molecule has 0 aromatic carbocycles. The van der Waals surface area contributed by atoms with Gasteiger partial charge in [0.1, 0.15) is 0 Å². The highest BCUT2D eigenvalue weighted by molar-refractivity contribution is 5.83. The molecule has 3 heteroatoms. The fourth-order valence-electron chi connectivity index (χ4n) is 4.62. The summed E-state index contributed by atoms with van der Waals surface area (Å²) >= 11 is 0. The number of rotatable bonds is 1. The Morgan fingerprint density at radius 3 is 2.60 bits per heavy atom. The molecule has 3 rings (SSSR count). The van der Waals surface area contributed by atoms with Crippen LogP contribution in [0.3, 0.4) is 0 Å². The van der Waals surface area contributed by atoms with Crippen LogP contribution in [0.2, 0.25) is 0 Å². The third kappa shape index (κ3) is 2.74. The maximum atomic E-state index is 12.9. The first-order valence-corrected chi connectivity index (χ1v) is 8.60. The number of carbonyl (C=O) groups excluding carboxylic acids is 1. The minimum Gasteiger partial charge on any atom is -0.341 e. The summed E-state index contributed by atoms with van der Waals surface area (Å²) in [5, 5.41) is 3.49. The van der Waals surface area contributed by atoms with Crippen molar-refractivity contribution in [2.45, 2.75) is 64.8 Å². The summed E-state index contributed by atoms with van der Waals surface area (Å²) in [6, 6.07) is 0.0383. The van der Waals surface area contributed by atoms with Gasteiger partial charge in [-0.25, -0.2) is 0 Å². The molecule has 114 valence electrons. The lowest BCUT2D eigenvalue weighted by molar-refractivity contribution is -0.140. The molecule has 1 amide bonds. The lowest BCUT2D eigenvalue weighted by Gasteiger charge is -2.45. The van der Waals surface area contributed by atoms with Crippen LogP contribution in [0.15, 0.2) is 0 Å². The van der Waals surface area contributed by atoms with Crippen molar-refractivity contribution in [1.29, 1.82) is 0 Å². The molecule has 3 aliphatic rings. The minimum atomic E-state index is 0.0383. The van der Waals surface area contributed by atoms with Crippen LogP contribution in [0.4, 0.5) is 0 Å². The summed E-state index contributed by atoms with van der Waals surface area (Å²) in [7, 11) is 0. The van der Waals surface area contributed by atoms with Gasteiger partial charge in [-0.1, -0.05) is 33.1 Å². The topological polar surface area (TPSA) is 32.3 Å². The Balaban J connectivity index is 1.65. The molecule has 0 aromatic rings. The molecule has 1 aliphatic carbocycles. The van der Waals surface area contributed by atoms with Gasteiger partial charge in [0.05, 0.1) is 6.04 Å². The summed E-state index contributed by atoms with van der Waals surface area (Å²) < 4.78 is 0. The lowest BCUT2D eigenvalue weighted by atomic mass is 9.73. The van der Waals surface area contributed by atoms with Gasteiger partial charge in [0, 0.05) is 13.1 Å². The van der Waals surface area contributed by atoms with E-state index in [1.54, 1.807) is 0 Å². The smallest absolute Gasteiger partial charge is 0.240 e. The van der Waals surface area contributed by atoms with E-state index in [2.05, 4.69) is 24.1 Å². The van der Waals surface area contributed by atoms with Gasteiger partial charge in [-0.15, -0.1) is 0 Å². The molecular weight excluding hydrogens is 248 g/mol. The van der Waals surface area contributed by atoms with Crippen LogP contribution in [0.25, 0.3) is 0 Å². The number of hydrogen-bond acceptors (Lipinski definition) is 2. The summed E-state index contributed by atoms with van der Waals surface area (Å²) in [5.41, 5.74) is 0.110. The third-order valence-electron chi connectivity index (χ3n) is 5.98. The maximum absolute atomic E-state index is 12.9. The summed E-state index contributed by atoms with van der Waals surface area (Å²) in [5.74, 6) is 2.06. The molecular formula is C17H30N2O. The van der Waals surface area contributed by atoms with Gasteiger partial charge in [-0.05, 0) is 49.5 Å². The van der Waals surface area contributed by atoms with E-state index >= 15 is 0 Å². The first-order valence-electron chi connectivity index (χ1n) is 8.60. The molecule has 0 radical (unpaired) electrons. The molecule has 3 nitrogen and oxygen atoms in total. The molecule has 3 fully saturated rings. The van der Waals surface area contributed by atoms with E-state index in [1.807, 2.05) is 0 Å². The number of likely N-dealkylation sites (tertiary alicyclic amines) is 1. The van der Waals surface area contributed by atoms with Crippen molar-refractivity contribution >= 4 is 5.91 Å². The van der Waals surface area contributed by atoms with Crippen molar-refractivity contribution in [2.75, 3.05) is 19.6 Å². The zero-order valence-electron chi connectivity index (χ0n) is 13.2. The second-order valence-corrected chi connectivity index (χ2v) is 7.86. The van der Waals surface area contributed by atoms with Crippen LogP contribution in [0.1, 0.15) is 58.8 Å². The Labute approximate surface area is 123 Å². The van der Waals surface area contributed by atoms with E-state index in [-0.39, 0.29) is 11.5 Å². The largest absolute Gasteiger partial charge is 0.341 e. The number of nitrogens with one attached hydrogen (secondary N) is 1. The number of hydrogen-bond donors (Lipinski definition) is 1. The predicted octanol–water partition coefficient (Wildman–Crippen LogP) is 2.80. The first-order chi connectivity index (χ1) is 9.58. The Hall–Kier alpha value is -0.570. The van der Waals surface area contributed by atoms with E-state index in [1.165, 1.54) is 38.5 Å². The van der Waals surface area contributed by atoms with E-state index in [0.717, 1.165) is 37.9 Å². The fourth-order valence-corrected chi connectivity index (χ4v) is 4.62. The second kappa shape index (κ2) is 5.67. The number of fused-ring (bicyclic) bond motifs is 1. The van der Waals surface area contributed by atoms with Crippen molar-refractivity contribution in [3.05, 3.63) is 0 Å². The van der Waals surface area contributed by atoms with E-state index < -0.39 is 0 Å². The highest BCUT2D eigenvalue weighted by Gasteiger charge is 2.41. The Bertz CT molecular complexity index is 366. The van der Waals surface area contributed by atoms with Gasteiger partial charge in [-0.2, -0.15) is 0 Å². The molecule has 2 heterocycles. The van der Waals surface area contributed by atoms with E-state index in [9.17, 15) is 4.79 Å². The standard InChI is InChI=1S/C17H30N2O/c1-17(2)9-5-10-18-15(17)16(20)19-11-8-13-6-3-4-7-14(13)12-19/h13-15,18H,3-12H2,1-2H3. The molecule has 2 aliphatic heterocycles. The van der Waals surface area contributed by atoms with Gasteiger partial charge >= 0.3 is 0 Å². The summed E-state index contributed by atoms with van der Waals surface area (Å²) in [4.78, 5) is 15.1. The minimum absolute atomic E-state index is 0.0383.